The maximum absolute atomic E-state index is 12.4. The van der Waals surface area contributed by atoms with Gasteiger partial charge in [0.2, 0.25) is 11.8 Å². The van der Waals surface area contributed by atoms with Crippen molar-refractivity contribution in [1.82, 2.24) is 10.6 Å². The second kappa shape index (κ2) is 6.74. The van der Waals surface area contributed by atoms with Gasteiger partial charge in [-0.15, -0.1) is 0 Å². The van der Waals surface area contributed by atoms with Crippen LogP contribution in [0.25, 0.3) is 0 Å². The first kappa shape index (κ1) is 17.7. The summed E-state index contributed by atoms with van der Waals surface area (Å²) in [6, 6.07) is 0. The number of halogens is 3. The Bertz CT molecular complexity index is 328. The van der Waals surface area contributed by atoms with E-state index in [4.69, 9.17) is 5.73 Å². The van der Waals surface area contributed by atoms with E-state index in [1.54, 1.807) is 0 Å². The molecule has 4 N–H and O–H groups in total. The van der Waals surface area contributed by atoms with Crippen LogP contribution in [-0.4, -0.2) is 36.6 Å². The van der Waals surface area contributed by atoms with E-state index in [0.29, 0.717) is 13.5 Å². The van der Waals surface area contributed by atoms with Crippen LogP contribution in [-0.2, 0) is 9.59 Å². The number of rotatable bonds is 6. The molecule has 0 bridgehead atoms. The molecule has 0 spiro atoms. The van der Waals surface area contributed by atoms with E-state index >= 15 is 0 Å². The molecule has 0 aromatic rings. The van der Waals surface area contributed by atoms with Crippen molar-refractivity contribution in [1.29, 1.82) is 0 Å². The van der Waals surface area contributed by atoms with E-state index < -0.39 is 17.6 Å². The average molecular weight is 283 g/mol. The molecule has 1 unspecified atom stereocenters. The molecule has 0 saturated heterocycles. The first-order chi connectivity index (χ1) is 8.48. The quantitative estimate of drug-likeness (QED) is 0.665. The van der Waals surface area contributed by atoms with Gasteiger partial charge in [-0.2, -0.15) is 13.2 Å². The molecule has 8 heteroatoms. The van der Waals surface area contributed by atoms with Gasteiger partial charge < -0.3 is 16.4 Å². The molecule has 0 saturated carbocycles. The predicted octanol–water partition coefficient (Wildman–Crippen LogP) is 0.545. The van der Waals surface area contributed by atoms with Crippen molar-refractivity contribution in [3.63, 3.8) is 0 Å². The van der Waals surface area contributed by atoms with E-state index in [0.717, 1.165) is 0 Å². The number of nitrogens with one attached hydrogen (secondary N) is 2. The molecule has 19 heavy (non-hydrogen) atoms. The largest absolute Gasteiger partial charge is 0.415 e. The first-order valence-corrected chi connectivity index (χ1v) is 5.89. The van der Waals surface area contributed by atoms with Crippen molar-refractivity contribution in [2.75, 3.05) is 13.1 Å². The second-order valence-electron chi connectivity index (χ2n) is 4.90. The Labute approximate surface area is 110 Å². The summed E-state index contributed by atoms with van der Waals surface area (Å²) in [5.41, 5.74) is 1.96. The number of carbonyl (C=O) groups excluding carboxylic acids is 2. The van der Waals surface area contributed by atoms with E-state index in [2.05, 4.69) is 5.32 Å². The van der Waals surface area contributed by atoms with Gasteiger partial charge in [-0.25, -0.2) is 0 Å². The van der Waals surface area contributed by atoms with Crippen LogP contribution < -0.4 is 16.4 Å². The van der Waals surface area contributed by atoms with Gasteiger partial charge >= 0.3 is 6.18 Å². The number of nitrogens with two attached hydrogens (primary N) is 1. The number of alkyl halides is 3. The highest BCUT2D eigenvalue weighted by Crippen LogP contribution is 2.27. The number of amides is 2. The molecular weight excluding hydrogens is 263 g/mol. The zero-order valence-corrected chi connectivity index (χ0v) is 11.2. The summed E-state index contributed by atoms with van der Waals surface area (Å²) >= 11 is 0. The standard InChI is InChI=1S/C11H20F3N3O2/c1-7(2)6-17-8(18)4-5-16-9(19)10(3,15)11(12,13)14/h7H,4-6,15H2,1-3H3,(H,16,19)(H,17,18). The van der Waals surface area contributed by atoms with Crippen LogP contribution >= 0.6 is 0 Å². The molecule has 2 amide bonds. The van der Waals surface area contributed by atoms with Gasteiger partial charge in [-0.05, 0) is 12.8 Å². The van der Waals surface area contributed by atoms with E-state index in [1.165, 1.54) is 0 Å². The minimum absolute atomic E-state index is 0.0909. The van der Waals surface area contributed by atoms with Crippen LogP contribution in [0, 0.1) is 5.92 Å². The fourth-order valence-corrected chi connectivity index (χ4v) is 1.01. The van der Waals surface area contributed by atoms with Gasteiger partial charge in [-0.3, -0.25) is 9.59 Å². The minimum atomic E-state index is -4.84. The zero-order valence-electron chi connectivity index (χ0n) is 11.2. The summed E-state index contributed by atoms with van der Waals surface area (Å²) in [7, 11) is 0. The third kappa shape index (κ3) is 5.91. The van der Waals surface area contributed by atoms with Gasteiger partial charge in [0.25, 0.3) is 0 Å². The molecule has 0 aliphatic rings. The Morgan fingerprint density at radius 1 is 1.21 bits per heavy atom. The maximum Gasteiger partial charge on any atom is 0.415 e. The van der Waals surface area contributed by atoms with Crippen molar-refractivity contribution in [3.05, 3.63) is 0 Å². The molecule has 0 radical (unpaired) electrons. The maximum atomic E-state index is 12.4. The van der Waals surface area contributed by atoms with Crippen LogP contribution in [0.15, 0.2) is 0 Å². The fourth-order valence-electron chi connectivity index (χ4n) is 1.01. The van der Waals surface area contributed by atoms with Crippen LogP contribution in [0.1, 0.15) is 27.2 Å². The summed E-state index contributed by atoms with van der Waals surface area (Å²) in [5, 5.41) is 4.58. The lowest BCUT2D eigenvalue weighted by Gasteiger charge is -2.26. The number of carbonyl (C=O) groups is 2. The minimum Gasteiger partial charge on any atom is -0.356 e. The Balaban J connectivity index is 4.09. The summed E-state index contributed by atoms with van der Waals surface area (Å²) in [6.45, 7) is 4.69. The van der Waals surface area contributed by atoms with Gasteiger partial charge in [-0.1, -0.05) is 13.8 Å². The second-order valence-corrected chi connectivity index (χ2v) is 4.90. The highest BCUT2D eigenvalue weighted by atomic mass is 19.4. The highest BCUT2D eigenvalue weighted by molar-refractivity contribution is 5.87. The molecule has 1 atom stereocenters. The third-order valence-corrected chi connectivity index (χ3v) is 2.41. The van der Waals surface area contributed by atoms with Crippen molar-refractivity contribution >= 4 is 11.8 Å². The average Bonchev–Trinajstić information content (AvgIpc) is 2.24. The van der Waals surface area contributed by atoms with Gasteiger partial charge in [0, 0.05) is 19.5 Å². The Hall–Kier alpha value is -1.31. The summed E-state index contributed by atoms with van der Waals surface area (Å²) in [5.74, 6) is -1.41. The van der Waals surface area contributed by atoms with Crippen molar-refractivity contribution in [2.45, 2.75) is 38.9 Å². The van der Waals surface area contributed by atoms with Crippen LogP contribution in [0.5, 0.6) is 0 Å². The highest BCUT2D eigenvalue weighted by Gasteiger charge is 2.53. The lowest BCUT2D eigenvalue weighted by molar-refractivity contribution is -0.187. The predicted molar refractivity (Wildman–Crippen MR) is 64.1 cm³/mol. The van der Waals surface area contributed by atoms with Crippen LogP contribution in [0.4, 0.5) is 13.2 Å². The number of hydrogen-bond donors (Lipinski definition) is 3. The first-order valence-electron chi connectivity index (χ1n) is 5.89. The van der Waals surface area contributed by atoms with Gasteiger partial charge in [0.1, 0.15) is 0 Å². The number of hydrogen-bond acceptors (Lipinski definition) is 3. The van der Waals surface area contributed by atoms with Crippen molar-refractivity contribution < 1.29 is 22.8 Å². The van der Waals surface area contributed by atoms with E-state index in [1.807, 2.05) is 19.2 Å². The molecule has 112 valence electrons. The topological polar surface area (TPSA) is 84.2 Å². The molecule has 0 rings (SSSR count). The molecule has 0 aliphatic carbocycles. The van der Waals surface area contributed by atoms with E-state index in [9.17, 15) is 22.8 Å². The summed E-state index contributed by atoms with van der Waals surface area (Å²) in [4.78, 5) is 22.5. The van der Waals surface area contributed by atoms with E-state index in [-0.39, 0.29) is 24.8 Å². The Morgan fingerprint density at radius 3 is 2.16 bits per heavy atom. The summed E-state index contributed by atoms with van der Waals surface area (Å²) < 4.78 is 37.2. The van der Waals surface area contributed by atoms with Crippen molar-refractivity contribution in [3.8, 4) is 0 Å². The lowest BCUT2D eigenvalue weighted by Crippen LogP contribution is -2.61. The van der Waals surface area contributed by atoms with Gasteiger partial charge in [0.05, 0.1) is 0 Å². The third-order valence-electron chi connectivity index (χ3n) is 2.41. The molecule has 0 aromatic carbocycles. The molecule has 0 aliphatic heterocycles. The Morgan fingerprint density at radius 2 is 1.74 bits per heavy atom. The lowest BCUT2D eigenvalue weighted by atomic mass is 10.0. The normalized spacial score (nSPS) is 14.9. The molecule has 0 heterocycles. The van der Waals surface area contributed by atoms with Crippen LogP contribution in [0.3, 0.4) is 0 Å². The molecular formula is C11H20F3N3O2. The fraction of sp³-hybridized carbons (Fsp3) is 0.818. The Kier molecular flexibility index (Phi) is 6.28. The van der Waals surface area contributed by atoms with Crippen molar-refractivity contribution in [2.24, 2.45) is 11.7 Å². The summed E-state index contributed by atoms with van der Waals surface area (Å²) in [6.07, 6.45) is -4.93. The van der Waals surface area contributed by atoms with Crippen LogP contribution in [0.2, 0.25) is 0 Å². The zero-order chi connectivity index (χ0) is 15.3. The SMILES string of the molecule is CC(C)CNC(=O)CCNC(=O)C(C)(N)C(F)(F)F. The monoisotopic (exact) mass is 283 g/mol. The smallest absolute Gasteiger partial charge is 0.356 e. The molecule has 5 nitrogen and oxygen atoms in total. The molecule has 0 aromatic heterocycles. The molecule has 0 fully saturated rings. The van der Waals surface area contributed by atoms with Gasteiger partial charge in [0.15, 0.2) is 5.54 Å².